The lowest BCUT2D eigenvalue weighted by molar-refractivity contribution is -0.285. The van der Waals surface area contributed by atoms with Crippen LogP contribution in [-0.4, -0.2) is 18.7 Å². The molecule has 2 atom stereocenters. The minimum atomic E-state index is -0.413. The molecule has 2 unspecified atom stereocenters. The molecule has 1 fully saturated rings. The first-order valence-electron chi connectivity index (χ1n) is 11.5. The van der Waals surface area contributed by atoms with E-state index in [9.17, 15) is 4.79 Å². The summed E-state index contributed by atoms with van der Waals surface area (Å²) in [7, 11) is 0. The average molecular weight is 447 g/mol. The molecule has 0 N–H and O–H groups in total. The van der Waals surface area contributed by atoms with Crippen LogP contribution in [-0.2, 0) is 50.3 Å². The topological polar surface area (TPSA) is 54.0 Å². The van der Waals surface area contributed by atoms with Gasteiger partial charge in [0.2, 0.25) is 0 Å². The Morgan fingerprint density at radius 1 is 0.818 bits per heavy atom. The maximum absolute atomic E-state index is 12.9. The van der Waals surface area contributed by atoms with E-state index in [1.807, 2.05) is 78.9 Å². The zero-order valence-electron chi connectivity index (χ0n) is 18.7. The van der Waals surface area contributed by atoms with Crippen molar-refractivity contribution in [3.05, 3.63) is 107 Å². The van der Waals surface area contributed by atoms with Gasteiger partial charge in [-0.1, -0.05) is 84.9 Å². The second-order valence-electron chi connectivity index (χ2n) is 8.31. The van der Waals surface area contributed by atoms with E-state index in [4.69, 9.17) is 19.2 Å². The molecule has 0 spiro atoms. The van der Waals surface area contributed by atoms with Crippen LogP contribution >= 0.6 is 0 Å². The minimum Gasteiger partial charge on any atom is -0.377 e. The predicted octanol–water partition coefficient (Wildman–Crippen LogP) is 5.42. The summed E-state index contributed by atoms with van der Waals surface area (Å²) in [5.41, 5.74) is 4.21. The largest absolute Gasteiger partial charge is 0.377 e. The first-order valence-corrected chi connectivity index (χ1v) is 11.5. The number of rotatable bonds is 11. The summed E-state index contributed by atoms with van der Waals surface area (Å²) >= 11 is 0. The Kier molecular flexibility index (Phi) is 8.64. The molecule has 1 saturated heterocycles. The lowest BCUT2D eigenvalue weighted by Crippen LogP contribution is -2.31. The van der Waals surface area contributed by atoms with Gasteiger partial charge in [0.15, 0.2) is 0 Å². The van der Waals surface area contributed by atoms with Crippen molar-refractivity contribution in [2.45, 2.75) is 45.2 Å². The molecule has 172 valence electrons. The molecule has 5 nitrogen and oxygen atoms in total. The monoisotopic (exact) mass is 446 g/mol. The van der Waals surface area contributed by atoms with E-state index in [2.05, 4.69) is 6.07 Å². The Morgan fingerprint density at radius 2 is 1.45 bits per heavy atom. The summed E-state index contributed by atoms with van der Waals surface area (Å²) in [6.45, 7) is 1.97. The highest BCUT2D eigenvalue weighted by Gasteiger charge is 2.34. The van der Waals surface area contributed by atoms with E-state index >= 15 is 0 Å². The van der Waals surface area contributed by atoms with Crippen LogP contribution in [0.25, 0.3) is 0 Å². The molecule has 0 aromatic heterocycles. The maximum atomic E-state index is 12.9. The van der Waals surface area contributed by atoms with Crippen LogP contribution in [0.15, 0.2) is 84.9 Å². The first-order chi connectivity index (χ1) is 16.3. The Hall–Kier alpha value is -2.99. The molecule has 3 aromatic carbocycles. The molecule has 1 aliphatic heterocycles. The highest BCUT2D eigenvalue weighted by molar-refractivity contribution is 5.73. The van der Waals surface area contributed by atoms with Crippen molar-refractivity contribution in [3.8, 4) is 0 Å². The van der Waals surface area contributed by atoms with Crippen LogP contribution in [0, 0.1) is 5.92 Å². The third kappa shape index (κ3) is 7.26. The number of ether oxygens (including phenoxy) is 2. The van der Waals surface area contributed by atoms with Crippen LogP contribution in [0.1, 0.15) is 35.1 Å². The number of carbonyl (C=O) groups excluding carboxylic acids is 1. The Bertz CT molecular complexity index is 983. The number of hydrogen-bond donors (Lipinski definition) is 0. The number of carbonyl (C=O) groups is 1. The zero-order chi connectivity index (χ0) is 22.7. The molecule has 0 saturated carbocycles. The molecule has 33 heavy (non-hydrogen) atoms. The Labute approximate surface area is 195 Å². The van der Waals surface area contributed by atoms with Gasteiger partial charge in [0.05, 0.1) is 25.2 Å². The lowest BCUT2D eigenvalue weighted by Gasteiger charge is -2.21. The highest BCUT2D eigenvalue weighted by atomic mass is 17.2. The van der Waals surface area contributed by atoms with Crippen molar-refractivity contribution in [3.63, 3.8) is 0 Å². The molecule has 1 aliphatic rings. The van der Waals surface area contributed by atoms with Crippen molar-refractivity contribution in [1.29, 1.82) is 0 Å². The van der Waals surface area contributed by atoms with E-state index < -0.39 is 5.92 Å². The van der Waals surface area contributed by atoms with E-state index in [0.717, 1.165) is 35.1 Å². The van der Waals surface area contributed by atoms with Gasteiger partial charge in [0.25, 0.3) is 0 Å². The van der Waals surface area contributed by atoms with Gasteiger partial charge in [0, 0.05) is 6.61 Å². The van der Waals surface area contributed by atoms with Crippen molar-refractivity contribution in [2.24, 2.45) is 5.92 Å². The third-order valence-corrected chi connectivity index (χ3v) is 5.75. The van der Waals surface area contributed by atoms with Crippen LogP contribution < -0.4 is 0 Å². The minimum absolute atomic E-state index is 0.157. The standard InChI is InChI=1S/C28H30O5/c29-28(33-32-21-23-11-5-2-6-12-23)26(27-15-8-16-31-27)18-24-13-7-14-25(17-24)20-30-19-22-9-3-1-4-10-22/h1-7,9-14,17,26-27H,8,15-16,18-21H2. The second-order valence-corrected chi connectivity index (χ2v) is 8.31. The number of hydrogen-bond acceptors (Lipinski definition) is 5. The third-order valence-electron chi connectivity index (χ3n) is 5.75. The zero-order valence-corrected chi connectivity index (χ0v) is 18.7. The smallest absolute Gasteiger partial charge is 0.348 e. The summed E-state index contributed by atoms with van der Waals surface area (Å²) in [5, 5.41) is 0. The van der Waals surface area contributed by atoms with Crippen LogP contribution in [0.5, 0.6) is 0 Å². The first kappa shape index (κ1) is 23.2. The van der Waals surface area contributed by atoms with Gasteiger partial charge < -0.3 is 9.47 Å². The molecule has 0 amide bonds. The fraction of sp³-hybridized carbons (Fsp3) is 0.321. The number of benzene rings is 3. The molecule has 0 aliphatic carbocycles. The van der Waals surface area contributed by atoms with E-state index in [0.29, 0.717) is 26.2 Å². The fourth-order valence-corrected chi connectivity index (χ4v) is 4.04. The van der Waals surface area contributed by atoms with Gasteiger partial charge in [-0.2, -0.15) is 4.89 Å². The molecular formula is C28H30O5. The van der Waals surface area contributed by atoms with Crippen molar-refractivity contribution < 1.29 is 24.0 Å². The summed E-state index contributed by atoms with van der Waals surface area (Å²) in [6, 6.07) is 27.9. The van der Waals surface area contributed by atoms with Crippen molar-refractivity contribution in [1.82, 2.24) is 0 Å². The fourth-order valence-electron chi connectivity index (χ4n) is 4.04. The predicted molar refractivity (Wildman–Crippen MR) is 125 cm³/mol. The van der Waals surface area contributed by atoms with Gasteiger partial charge in [0.1, 0.15) is 6.61 Å². The summed E-state index contributed by atoms with van der Waals surface area (Å²) < 4.78 is 11.7. The van der Waals surface area contributed by atoms with Crippen LogP contribution in [0.4, 0.5) is 0 Å². The summed E-state index contributed by atoms with van der Waals surface area (Å²) in [6.07, 6.45) is 2.17. The van der Waals surface area contributed by atoms with Gasteiger partial charge >= 0.3 is 5.97 Å². The molecule has 4 rings (SSSR count). The van der Waals surface area contributed by atoms with E-state index in [1.165, 1.54) is 0 Å². The van der Waals surface area contributed by atoms with Gasteiger partial charge in [-0.25, -0.2) is 4.79 Å². The molecule has 5 heteroatoms. The Balaban J connectivity index is 1.33. The SMILES string of the molecule is O=C(OOCc1ccccc1)C(Cc1cccc(COCc2ccccc2)c1)C1CCCO1. The van der Waals surface area contributed by atoms with Gasteiger partial charge in [-0.3, -0.25) is 4.89 Å². The molecular weight excluding hydrogens is 416 g/mol. The lowest BCUT2D eigenvalue weighted by atomic mass is 9.92. The normalized spacial score (nSPS) is 16.4. The van der Waals surface area contributed by atoms with Crippen molar-refractivity contribution in [2.75, 3.05) is 6.61 Å². The molecule has 1 heterocycles. The maximum Gasteiger partial charge on any atom is 0.348 e. The van der Waals surface area contributed by atoms with Crippen LogP contribution in [0.3, 0.4) is 0 Å². The second kappa shape index (κ2) is 12.3. The average Bonchev–Trinajstić information content (AvgIpc) is 3.39. The van der Waals surface area contributed by atoms with Gasteiger partial charge in [-0.05, 0) is 41.5 Å². The van der Waals surface area contributed by atoms with Crippen LogP contribution in [0.2, 0.25) is 0 Å². The van der Waals surface area contributed by atoms with Crippen molar-refractivity contribution >= 4 is 5.97 Å². The highest BCUT2D eigenvalue weighted by Crippen LogP contribution is 2.26. The van der Waals surface area contributed by atoms with Gasteiger partial charge in [-0.15, -0.1) is 0 Å². The summed E-state index contributed by atoms with van der Waals surface area (Å²) in [5.74, 6) is -0.799. The van der Waals surface area contributed by atoms with E-state index in [-0.39, 0.29) is 18.7 Å². The van der Waals surface area contributed by atoms with E-state index in [1.54, 1.807) is 0 Å². The summed E-state index contributed by atoms with van der Waals surface area (Å²) in [4.78, 5) is 23.3. The molecule has 0 radical (unpaired) electrons. The molecule has 0 bridgehead atoms. The quantitative estimate of drug-likeness (QED) is 0.291. The Morgan fingerprint density at radius 3 is 2.15 bits per heavy atom. The molecule has 3 aromatic rings.